The van der Waals surface area contributed by atoms with Crippen molar-refractivity contribution in [3.8, 4) is 34.1 Å². The van der Waals surface area contributed by atoms with Gasteiger partial charge in [0.2, 0.25) is 11.7 Å². The fraction of sp³-hybridized carbons (Fsp3) is 0.519. The van der Waals surface area contributed by atoms with Gasteiger partial charge in [0.25, 0.3) is 0 Å². The molecule has 1 aliphatic heterocycles. The third kappa shape index (κ3) is 5.09. The van der Waals surface area contributed by atoms with Gasteiger partial charge in [-0.2, -0.15) is 0 Å². The molecule has 1 amide bonds. The first-order valence-corrected chi connectivity index (χ1v) is 12.1. The van der Waals surface area contributed by atoms with Crippen LogP contribution in [0, 0.1) is 0 Å². The molecule has 7 nitrogen and oxygen atoms in total. The van der Waals surface area contributed by atoms with Crippen molar-refractivity contribution in [2.24, 2.45) is 0 Å². The zero-order valence-corrected chi connectivity index (χ0v) is 20.7. The average molecular weight is 469 g/mol. The molecule has 7 heteroatoms. The molecule has 2 aromatic carbocycles. The van der Waals surface area contributed by atoms with E-state index in [9.17, 15) is 4.79 Å². The summed E-state index contributed by atoms with van der Waals surface area (Å²) in [4.78, 5) is 14.5. The maximum Gasteiger partial charge on any atom is 0.217 e. The lowest BCUT2D eigenvalue weighted by Crippen LogP contribution is -2.33. The molecule has 184 valence electrons. The number of fused-ring (bicyclic) bond motifs is 3. The molecule has 1 saturated heterocycles. The standard InChI is InChI=1S/C27H36N2O5/c1-18(30)28-23-11-8-19-16-24(31-2)26(32-3)27(33-4)25(19)21-10-9-20(17-22(21)23)34-15-14-29-12-6-5-7-13-29/h9-10,16-17,23H,5-8,11-15H2,1-4H3,(H,28,30)/t23-/m0/s1. The lowest BCUT2D eigenvalue weighted by Gasteiger charge is -2.26. The number of benzene rings is 2. The van der Waals surface area contributed by atoms with E-state index >= 15 is 0 Å². The molecule has 1 aliphatic carbocycles. The average Bonchev–Trinajstić information content (AvgIpc) is 2.99. The highest BCUT2D eigenvalue weighted by Crippen LogP contribution is 2.50. The second-order valence-electron chi connectivity index (χ2n) is 8.97. The normalized spacial score (nSPS) is 17.7. The highest BCUT2D eigenvalue weighted by atomic mass is 16.5. The van der Waals surface area contributed by atoms with E-state index in [4.69, 9.17) is 18.9 Å². The third-order valence-corrected chi connectivity index (χ3v) is 6.78. The number of aryl methyl sites for hydroxylation is 1. The molecule has 2 aromatic rings. The smallest absolute Gasteiger partial charge is 0.217 e. The van der Waals surface area contributed by atoms with E-state index in [0.29, 0.717) is 23.9 Å². The van der Waals surface area contributed by atoms with Gasteiger partial charge in [-0.05, 0) is 73.7 Å². The monoisotopic (exact) mass is 468 g/mol. The van der Waals surface area contributed by atoms with E-state index in [1.807, 2.05) is 12.1 Å². The Morgan fingerprint density at radius 2 is 1.79 bits per heavy atom. The van der Waals surface area contributed by atoms with Crippen LogP contribution in [0.5, 0.6) is 23.0 Å². The van der Waals surface area contributed by atoms with Gasteiger partial charge in [0.1, 0.15) is 12.4 Å². The summed E-state index contributed by atoms with van der Waals surface area (Å²) in [5.74, 6) is 2.60. The minimum absolute atomic E-state index is 0.0551. The van der Waals surface area contributed by atoms with Crippen LogP contribution in [-0.4, -0.2) is 58.4 Å². The first-order chi connectivity index (χ1) is 16.5. The molecule has 4 rings (SSSR count). The molecule has 1 fully saturated rings. The zero-order valence-electron chi connectivity index (χ0n) is 20.7. The fourth-order valence-corrected chi connectivity index (χ4v) is 5.17. The SMILES string of the molecule is COc1cc2c(c(OC)c1OC)-c1ccc(OCCN3CCCCC3)cc1[C@@H](NC(C)=O)CC2. The van der Waals surface area contributed by atoms with E-state index in [2.05, 4.69) is 22.3 Å². The lowest BCUT2D eigenvalue weighted by atomic mass is 9.93. The summed E-state index contributed by atoms with van der Waals surface area (Å²) in [6.07, 6.45) is 5.39. The first-order valence-electron chi connectivity index (χ1n) is 12.1. The molecule has 0 spiro atoms. The molecule has 1 N–H and O–H groups in total. The van der Waals surface area contributed by atoms with Gasteiger partial charge >= 0.3 is 0 Å². The molecular formula is C27H36N2O5. The van der Waals surface area contributed by atoms with Crippen LogP contribution >= 0.6 is 0 Å². The largest absolute Gasteiger partial charge is 0.493 e. The van der Waals surface area contributed by atoms with Crippen LogP contribution in [0.4, 0.5) is 0 Å². The number of nitrogens with one attached hydrogen (secondary N) is 1. The molecule has 0 aromatic heterocycles. The number of methoxy groups -OCH3 is 3. The van der Waals surface area contributed by atoms with Gasteiger partial charge in [-0.15, -0.1) is 0 Å². The maximum atomic E-state index is 12.1. The quantitative estimate of drug-likeness (QED) is 0.621. The summed E-state index contributed by atoms with van der Waals surface area (Å²) in [7, 11) is 4.89. The van der Waals surface area contributed by atoms with Gasteiger partial charge in [0, 0.05) is 19.0 Å². The van der Waals surface area contributed by atoms with Crippen molar-refractivity contribution in [2.75, 3.05) is 47.6 Å². The minimum atomic E-state index is -0.132. The zero-order chi connectivity index (χ0) is 24.1. The number of amides is 1. The number of ether oxygens (including phenoxy) is 4. The lowest BCUT2D eigenvalue weighted by molar-refractivity contribution is -0.119. The van der Waals surface area contributed by atoms with Crippen LogP contribution in [0.25, 0.3) is 11.1 Å². The van der Waals surface area contributed by atoms with Gasteiger partial charge in [0.05, 0.1) is 27.4 Å². The minimum Gasteiger partial charge on any atom is -0.493 e. The van der Waals surface area contributed by atoms with Gasteiger partial charge < -0.3 is 24.3 Å². The van der Waals surface area contributed by atoms with E-state index < -0.39 is 0 Å². The van der Waals surface area contributed by atoms with Gasteiger partial charge in [0.15, 0.2) is 11.5 Å². The summed E-state index contributed by atoms with van der Waals surface area (Å²) in [6, 6.07) is 8.02. The van der Waals surface area contributed by atoms with E-state index in [1.165, 1.54) is 19.3 Å². The van der Waals surface area contributed by atoms with Crippen LogP contribution in [0.3, 0.4) is 0 Å². The summed E-state index contributed by atoms with van der Waals surface area (Å²) >= 11 is 0. The number of nitrogens with zero attached hydrogens (tertiary/aromatic N) is 1. The Labute approximate surface area is 202 Å². The predicted octanol–water partition coefficient (Wildman–Crippen LogP) is 4.37. The molecule has 0 unspecified atom stereocenters. The van der Waals surface area contributed by atoms with Crippen LogP contribution in [0.1, 0.15) is 49.8 Å². The van der Waals surface area contributed by atoms with Crippen molar-refractivity contribution >= 4 is 5.91 Å². The van der Waals surface area contributed by atoms with Crippen LogP contribution in [-0.2, 0) is 11.2 Å². The molecule has 34 heavy (non-hydrogen) atoms. The number of piperidine rings is 1. The Morgan fingerprint density at radius 1 is 1.03 bits per heavy atom. The van der Waals surface area contributed by atoms with Crippen molar-refractivity contribution in [1.82, 2.24) is 10.2 Å². The summed E-state index contributed by atoms with van der Waals surface area (Å²) < 4.78 is 23.2. The molecule has 2 aliphatic rings. The molecule has 1 atom stereocenters. The number of hydrogen-bond donors (Lipinski definition) is 1. The van der Waals surface area contributed by atoms with Crippen molar-refractivity contribution < 1.29 is 23.7 Å². The number of carbonyl (C=O) groups excluding carboxylic acids is 1. The Kier molecular flexibility index (Phi) is 7.83. The van der Waals surface area contributed by atoms with E-state index in [-0.39, 0.29) is 11.9 Å². The Morgan fingerprint density at radius 3 is 2.47 bits per heavy atom. The van der Waals surface area contributed by atoms with Crippen molar-refractivity contribution in [3.05, 3.63) is 35.4 Å². The predicted molar refractivity (Wildman–Crippen MR) is 132 cm³/mol. The number of hydrogen-bond acceptors (Lipinski definition) is 6. The second-order valence-corrected chi connectivity index (χ2v) is 8.97. The maximum absolute atomic E-state index is 12.1. The Bertz CT molecular complexity index is 1020. The fourth-order valence-electron chi connectivity index (χ4n) is 5.17. The van der Waals surface area contributed by atoms with Crippen molar-refractivity contribution in [3.63, 3.8) is 0 Å². The molecular weight excluding hydrogens is 432 g/mol. The van der Waals surface area contributed by atoms with Crippen molar-refractivity contribution in [2.45, 2.75) is 45.1 Å². The van der Waals surface area contributed by atoms with E-state index in [1.54, 1.807) is 28.3 Å². The Balaban J connectivity index is 1.70. The number of rotatable bonds is 8. The summed E-state index contributed by atoms with van der Waals surface area (Å²) in [5.41, 5.74) is 4.10. The van der Waals surface area contributed by atoms with Crippen LogP contribution in [0.2, 0.25) is 0 Å². The van der Waals surface area contributed by atoms with Gasteiger partial charge in [-0.3, -0.25) is 9.69 Å². The first kappa shape index (κ1) is 24.2. The van der Waals surface area contributed by atoms with Gasteiger partial charge in [-0.25, -0.2) is 0 Å². The summed E-state index contributed by atoms with van der Waals surface area (Å²) in [6.45, 7) is 5.44. The number of carbonyl (C=O) groups is 1. The van der Waals surface area contributed by atoms with Crippen LogP contribution < -0.4 is 24.3 Å². The summed E-state index contributed by atoms with van der Waals surface area (Å²) in [5, 5.41) is 3.14. The molecule has 0 bridgehead atoms. The van der Waals surface area contributed by atoms with Gasteiger partial charge in [-0.1, -0.05) is 12.5 Å². The van der Waals surface area contributed by atoms with Crippen LogP contribution in [0.15, 0.2) is 24.3 Å². The van der Waals surface area contributed by atoms with Crippen molar-refractivity contribution in [1.29, 1.82) is 0 Å². The highest BCUT2D eigenvalue weighted by molar-refractivity contribution is 5.84. The topological polar surface area (TPSA) is 69.3 Å². The van der Waals surface area contributed by atoms with E-state index in [0.717, 1.165) is 60.5 Å². The Hall–Kier alpha value is -2.93. The molecule has 1 heterocycles. The molecule has 0 saturated carbocycles. The highest BCUT2D eigenvalue weighted by Gasteiger charge is 2.29. The third-order valence-electron chi connectivity index (χ3n) is 6.78. The second kappa shape index (κ2) is 11.0. The molecule has 0 radical (unpaired) electrons. The number of likely N-dealkylation sites (tertiary alicyclic amines) is 1.